The van der Waals surface area contributed by atoms with Crippen LogP contribution in [0.4, 0.5) is 5.69 Å². The van der Waals surface area contributed by atoms with Gasteiger partial charge < -0.3 is 19.7 Å². The van der Waals surface area contributed by atoms with Crippen LogP contribution >= 0.6 is 0 Å². The Morgan fingerprint density at radius 2 is 1.75 bits per heavy atom. The van der Waals surface area contributed by atoms with Crippen molar-refractivity contribution in [1.29, 1.82) is 0 Å². The zero-order valence-electron chi connectivity index (χ0n) is 19.4. The summed E-state index contributed by atoms with van der Waals surface area (Å²) in [5.74, 6) is 2.57. The molecule has 0 bridgehead atoms. The van der Waals surface area contributed by atoms with E-state index in [9.17, 15) is 4.79 Å². The average molecular weight is 438 g/mol. The first-order valence-electron chi connectivity index (χ1n) is 11.6. The van der Waals surface area contributed by atoms with Gasteiger partial charge in [0.05, 0.1) is 20.1 Å². The van der Waals surface area contributed by atoms with Crippen molar-refractivity contribution in [3.8, 4) is 11.5 Å². The van der Waals surface area contributed by atoms with E-state index >= 15 is 0 Å². The molecule has 0 spiro atoms. The molecule has 2 heterocycles. The van der Waals surface area contributed by atoms with E-state index in [2.05, 4.69) is 34.3 Å². The molecule has 32 heavy (non-hydrogen) atoms. The molecule has 2 saturated heterocycles. The monoisotopic (exact) mass is 437 g/mol. The van der Waals surface area contributed by atoms with E-state index in [0.29, 0.717) is 12.0 Å². The number of carbonyl (C=O) groups excluding carboxylic acids is 1. The van der Waals surface area contributed by atoms with Crippen LogP contribution in [0, 0.1) is 11.8 Å². The molecular weight excluding hydrogens is 402 g/mol. The van der Waals surface area contributed by atoms with Gasteiger partial charge in [0, 0.05) is 30.4 Å². The number of piperidine rings is 1. The van der Waals surface area contributed by atoms with Crippen LogP contribution in [0.5, 0.6) is 11.5 Å². The van der Waals surface area contributed by atoms with Gasteiger partial charge in [-0.1, -0.05) is 18.2 Å². The number of hydrogen-bond donors (Lipinski definition) is 1. The molecule has 0 radical (unpaired) electrons. The van der Waals surface area contributed by atoms with E-state index in [-0.39, 0.29) is 11.8 Å². The van der Waals surface area contributed by atoms with Gasteiger partial charge in [0.25, 0.3) is 0 Å². The van der Waals surface area contributed by atoms with Gasteiger partial charge in [-0.3, -0.25) is 9.69 Å². The molecule has 6 nitrogen and oxygen atoms in total. The van der Waals surface area contributed by atoms with Crippen LogP contribution in [0.1, 0.15) is 24.8 Å². The molecule has 0 aromatic heterocycles. The molecule has 2 atom stereocenters. The predicted molar refractivity (Wildman–Crippen MR) is 127 cm³/mol. The summed E-state index contributed by atoms with van der Waals surface area (Å²) in [5, 5.41) is 3.08. The minimum absolute atomic E-state index is 0.0405. The first kappa shape index (κ1) is 22.6. The van der Waals surface area contributed by atoms with Gasteiger partial charge in [-0.25, -0.2) is 0 Å². The van der Waals surface area contributed by atoms with Gasteiger partial charge in [-0.15, -0.1) is 0 Å². The van der Waals surface area contributed by atoms with Crippen molar-refractivity contribution in [1.82, 2.24) is 9.80 Å². The fourth-order valence-corrected chi connectivity index (χ4v) is 5.26. The Morgan fingerprint density at radius 3 is 2.44 bits per heavy atom. The fourth-order valence-electron chi connectivity index (χ4n) is 5.26. The maximum absolute atomic E-state index is 12.9. The van der Waals surface area contributed by atoms with Crippen molar-refractivity contribution in [2.24, 2.45) is 11.8 Å². The predicted octanol–water partition coefficient (Wildman–Crippen LogP) is 3.87. The highest BCUT2D eigenvalue weighted by molar-refractivity contribution is 5.93. The van der Waals surface area contributed by atoms with E-state index in [1.54, 1.807) is 14.2 Å². The zero-order chi connectivity index (χ0) is 22.5. The molecule has 1 amide bonds. The first-order chi connectivity index (χ1) is 15.6. The highest BCUT2D eigenvalue weighted by Gasteiger charge is 2.39. The molecule has 2 fully saturated rings. The minimum Gasteiger partial charge on any atom is -0.497 e. The van der Waals surface area contributed by atoms with Crippen LogP contribution in [-0.2, 0) is 11.3 Å². The third kappa shape index (κ3) is 5.25. The summed E-state index contributed by atoms with van der Waals surface area (Å²) >= 11 is 0. The van der Waals surface area contributed by atoms with Gasteiger partial charge in [0.2, 0.25) is 5.91 Å². The van der Waals surface area contributed by atoms with Crippen LogP contribution in [0.25, 0.3) is 0 Å². The Kier molecular flexibility index (Phi) is 7.33. The number of nitrogens with one attached hydrogen (secondary N) is 1. The van der Waals surface area contributed by atoms with Gasteiger partial charge in [-0.2, -0.15) is 0 Å². The van der Waals surface area contributed by atoms with E-state index < -0.39 is 0 Å². The van der Waals surface area contributed by atoms with Crippen LogP contribution in [0.2, 0.25) is 0 Å². The molecular formula is C26H35N3O3. The van der Waals surface area contributed by atoms with E-state index in [1.807, 2.05) is 36.4 Å². The first-order valence-corrected chi connectivity index (χ1v) is 11.6. The van der Waals surface area contributed by atoms with Gasteiger partial charge >= 0.3 is 0 Å². The number of benzene rings is 2. The lowest BCUT2D eigenvalue weighted by molar-refractivity contribution is -0.119. The van der Waals surface area contributed by atoms with Gasteiger partial charge in [-0.05, 0) is 75.6 Å². The quantitative estimate of drug-likeness (QED) is 0.713. The Morgan fingerprint density at radius 1 is 1.03 bits per heavy atom. The Hall–Kier alpha value is -2.57. The summed E-state index contributed by atoms with van der Waals surface area (Å²) in [6.07, 6.45) is 3.30. The smallest absolute Gasteiger partial charge is 0.228 e. The SMILES string of the molecule is COc1ccc(NC(=O)[C@H]2C[C@H](C3CCN(Cc4ccccc4OC)CC3)N(C)C2)cc1. The minimum atomic E-state index is 0.0405. The summed E-state index contributed by atoms with van der Waals surface area (Å²) < 4.78 is 10.7. The summed E-state index contributed by atoms with van der Waals surface area (Å²) in [6.45, 7) is 3.95. The molecule has 2 aromatic rings. The highest BCUT2D eigenvalue weighted by atomic mass is 16.5. The van der Waals surface area contributed by atoms with E-state index in [1.165, 1.54) is 18.4 Å². The number of nitrogens with zero attached hydrogens (tertiary/aromatic N) is 2. The third-order valence-electron chi connectivity index (χ3n) is 7.09. The summed E-state index contributed by atoms with van der Waals surface area (Å²) in [7, 11) is 5.56. The normalized spacial score (nSPS) is 22.6. The molecule has 6 heteroatoms. The molecule has 0 aliphatic carbocycles. The van der Waals surface area contributed by atoms with Crippen molar-refractivity contribution in [3.05, 3.63) is 54.1 Å². The second-order valence-corrected chi connectivity index (χ2v) is 9.08. The van der Waals surface area contributed by atoms with Crippen LogP contribution in [0.15, 0.2) is 48.5 Å². The second kappa shape index (κ2) is 10.4. The van der Waals surface area contributed by atoms with Crippen molar-refractivity contribution in [2.45, 2.75) is 31.8 Å². The van der Waals surface area contributed by atoms with Crippen molar-refractivity contribution < 1.29 is 14.3 Å². The second-order valence-electron chi connectivity index (χ2n) is 9.08. The Labute approximate surface area is 191 Å². The van der Waals surface area contributed by atoms with Crippen molar-refractivity contribution in [2.75, 3.05) is 46.2 Å². The lowest BCUT2D eigenvalue weighted by Gasteiger charge is -2.37. The summed E-state index contributed by atoms with van der Waals surface area (Å²) in [6, 6.07) is 16.3. The maximum atomic E-state index is 12.9. The summed E-state index contributed by atoms with van der Waals surface area (Å²) in [4.78, 5) is 17.8. The molecule has 1 N–H and O–H groups in total. The molecule has 2 aliphatic heterocycles. The van der Waals surface area contributed by atoms with Gasteiger partial charge in [0.1, 0.15) is 11.5 Å². The molecule has 172 valence electrons. The van der Waals surface area contributed by atoms with Crippen LogP contribution in [0.3, 0.4) is 0 Å². The zero-order valence-corrected chi connectivity index (χ0v) is 19.4. The van der Waals surface area contributed by atoms with E-state index in [4.69, 9.17) is 9.47 Å². The topological polar surface area (TPSA) is 54.0 Å². The Bertz CT molecular complexity index is 893. The number of likely N-dealkylation sites (tertiary alicyclic amines) is 2. The number of ether oxygens (including phenoxy) is 2. The maximum Gasteiger partial charge on any atom is 0.228 e. The molecule has 4 rings (SSSR count). The number of methoxy groups -OCH3 is 2. The average Bonchev–Trinajstić information content (AvgIpc) is 3.22. The number of carbonyl (C=O) groups is 1. The number of amides is 1. The lowest BCUT2D eigenvalue weighted by Crippen LogP contribution is -2.41. The number of anilines is 1. The molecule has 2 aromatic carbocycles. The van der Waals surface area contributed by atoms with Crippen molar-refractivity contribution >= 4 is 11.6 Å². The molecule has 2 aliphatic rings. The Balaban J connectivity index is 1.28. The molecule has 0 saturated carbocycles. The summed E-state index contributed by atoms with van der Waals surface area (Å²) in [5.41, 5.74) is 2.08. The largest absolute Gasteiger partial charge is 0.497 e. The van der Waals surface area contributed by atoms with Crippen LogP contribution in [-0.4, -0.2) is 62.7 Å². The molecule has 0 unspecified atom stereocenters. The highest BCUT2D eigenvalue weighted by Crippen LogP contribution is 2.34. The van der Waals surface area contributed by atoms with Crippen molar-refractivity contribution in [3.63, 3.8) is 0 Å². The van der Waals surface area contributed by atoms with Crippen LogP contribution < -0.4 is 14.8 Å². The number of rotatable bonds is 7. The van der Waals surface area contributed by atoms with Gasteiger partial charge in [0.15, 0.2) is 0 Å². The lowest BCUT2D eigenvalue weighted by atomic mass is 9.86. The number of para-hydroxylation sites is 1. The third-order valence-corrected chi connectivity index (χ3v) is 7.09. The van der Waals surface area contributed by atoms with E-state index in [0.717, 1.165) is 49.8 Å². The number of hydrogen-bond acceptors (Lipinski definition) is 5. The standard InChI is InChI=1S/C26H35N3O3/c1-28-17-21(26(30)27-22-8-10-23(31-2)11-9-22)16-24(28)19-12-14-29(15-13-19)18-20-6-4-5-7-25(20)32-3/h4-11,19,21,24H,12-18H2,1-3H3,(H,27,30)/t21-,24+/m0/s1. The fraction of sp³-hybridized carbons (Fsp3) is 0.500.